The molecule has 4 rings (SSSR count). The number of ketones is 1. The van der Waals surface area contributed by atoms with Crippen molar-refractivity contribution in [1.29, 1.82) is 0 Å². The van der Waals surface area contributed by atoms with Gasteiger partial charge in [0, 0.05) is 16.9 Å². The first kappa shape index (κ1) is 20.2. The van der Waals surface area contributed by atoms with Gasteiger partial charge in [-0.2, -0.15) is 0 Å². The van der Waals surface area contributed by atoms with Crippen LogP contribution in [0.3, 0.4) is 0 Å². The maximum atomic E-state index is 13.1. The zero-order valence-electron chi connectivity index (χ0n) is 16.5. The van der Waals surface area contributed by atoms with E-state index in [9.17, 15) is 24.3 Å². The van der Waals surface area contributed by atoms with Crippen LogP contribution in [-0.4, -0.2) is 31.6 Å². The van der Waals surface area contributed by atoms with E-state index in [1.54, 1.807) is 30.3 Å². The number of ether oxygens (including phenoxy) is 1. The average molecular weight is 428 g/mol. The number of carbonyl (C=O) groups excluding carboxylic acids is 1. The highest BCUT2D eigenvalue weighted by Crippen LogP contribution is 2.37. The summed E-state index contributed by atoms with van der Waals surface area (Å²) in [4.78, 5) is 51.4. The fourth-order valence-electron chi connectivity index (χ4n) is 3.68. The Morgan fingerprint density at radius 2 is 1.83 bits per heavy atom. The largest absolute Gasteiger partial charge is 0.480 e. The van der Waals surface area contributed by atoms with Crippen LogP contribution in [0.15, 0.2) is 39.9 Å². The maximum absolute atomic E-state index is 13.1. The Labute approximate surface area is 175 Å². The van der Waals surface area contributed by atoms with Crippen LogP contribution in [-0.2, 0) is 35.6 Å². The molecule has 0 saturated heterocycles. The SMILES string of the molecule is CC1(C)Cc2c(sc3c2c(=O)n(CC(=O)O)c(=O)n3CC(=O)c2ccccc2)CO1. The molecule has 0 saturated carbocycles. The van der Waals surface area contributed by atoms with Gasteiger partial charge < -0.3 is 9.84 Å². The first-order valence-electron chi connectivity index (χ1n) is 9.40. The molecule has 3 heterocycles. The fraction of sp³-hybridized carbons (Fsp3) is 0.333. The molecule has 1 N–H and O–H groups in total. The molecule has 0 radical (unpaired) electrons. The van der Waals surface area contributed by atoms with Gasteiger partial charge >= 0.3 is 11.7 Å². The molecule has 0 fully saturated rings. The van der Waals surface area contributed by atoms with Crippen LogP contribution < -0.4 is 11.2 Å². The molecule has 156 valence electrons. The van der Waals surface area contributed by atoms with Crippen LogP contribution in [0.25, 0.3) is 10.2 Å². The number of thiophene rings is 1. The van der Waals surface area contributed by atoms with Gasteiger partial charge in [0.15, 0.2) is 5.78 Å². The number of benzene rings is 1. The van der Waals surface area contributed by atoms with E-state index in [2.05, 4.69) is 0 Å². The molecule has 1 aromatic carbocycles. The summed E-state index contributed by atoms with van der Waals surface area (Å²) >= 11 is 1.25. The van der Waals surface area contributed by atoms with Crippen LogP contribution in [0.5, 0.6) is 0 Å². The number of carbonyl (C=O) groups is 2. The summed E-state index contributed by atoms with van der Waals surface area (Å²) < 4.78 is 7.74. The van der Waals surface area contributed by atoms with E-state index in [-0.39, 0.29) is 12.3 Å². The van der Waals surface area contributed by atoms with Gasteiger partial charge in [-0.15, -0.1) is 11.3 Å². The minimum atomic E-state index is -1.30. The summed E-state index contributed by atoms with van der Waals surface area (Å²) in [5.41, 5.74) is -0.754. The summed E-state index contributed by atoms with van der Waals surface area (Å²) in [6, 6.07) is 8.52. The average Bonchev–Trinajstić information content (AvgIpc) is 3.06. The molecular weight excluding hydrogens is 408 g/mol. The summed E-state index contributed by atoms with van der Waals surface area (Å²) in [5, 5.41) is 9.52. The first-order chi connectivity index (χ1) is 14.2. The Balaban J connectivity index is 1.96. The standard InChI is InChI=1S/C21H20N2O6S/c1-21(2)8-13-15(11-29-21)30-19-17(13)18(27)22(10-16(25)26)20(28)23(19)9-14(24)12-6-4-3-5-7-12/h3-7H,8-11H2,1-2H3,(H,25,26). The monoisotopic (exact) mass is 428 g/mol. The number of hydrogen-bond donors (Lipinski definition) is 1. The Morgan fingerprint density at radius 3 is 2.50 bits per heavy atom. The van der Waals surface area contributed by atoms with Crippen molar-refractivity contribution in [3.05, 3.63) is 67.2 Å². The van der Waals surface area contributed by atoms with Gasteiger partial charge in [0.05, 0.1) is 24.1 Å². The lowest BCUT2D eigenvalue weighted by Gasteiger charge is -2.29. The molecule has 0 amide bonds. The van der Waals surface area contributed by atoms with Crippen LogP contribution in [0.4, 0.5) is 0 Å². The normalized spacial score (nSPS) is 15.1. The fourth-order valence-corrected chi connectivity index (χ4v) is 4.89. The molecule has 0 bridgehead atoms. The van der Waals surface area contributed by atoms with E-state index in [0.29, 0.717) is 33.4 Å². The third kappa shape index (κ3) is 3.50. The van der Waals surface area contributed by atoms with Gasteiger partial charge in [0.25, 0.3) is 5.56 Å². The molecule has 3 aromatic rings. The summed E-state index contributed by atoms with van der Waals surface area (Å²) in [6.45, 7) is 3.05. The van der Waals surface area contributed by atoms with Gasteiger partial charge in [-0.1, -0.05) is 30.3 Å². The first-order valence-corrected chi connectivity index (χ1v) is 10.2. The van der Waals surface area contributed by atoms with Crippen molar-refractivity contribution in [2.24, 2.45) is 0 Å². The van der Waals surface area contributed by atoms with E-state index in [1.807, 2.05) is 13.8 Å². The van der Waals surface area contributed by atoms with Gasteiger partial charge in [-0.25, -0.2) is 9.36 Å². The number of aromatic nitrogens is 2. The third-order valence-electron chi connectivity index (χ3n) is 5.13. The Hall–Kier alpha value is -3.04. The highest BCUT2D eigenvalue weighted by Gasteiger charge is 2.32. The zero-order chi connectivity index (χ0) is 21.6. The van der Waals surface area contributed by atoms with Crippen LogP contribution in [0.2, 0.25) is 0 Å². The molecule has 0 aliphatic carbocycles. The molecule has 1 aliphatic heterocycles. The van der Waals surface area contributed by atoms with Gasteiger partial charge in [-0.3, -0.25) is 19.0 Å². The van der Waals surface area contributed by atoms with Gasteiger partial charge in [0.2, 0.25) is 0 Å². The summed E-state index contributed by atoms with van der Waals surface area (Å²) in [5.74, 6) is -1.61. The second kappa shape index (κ2) is 7.33. The van der Waals surface area contributed by atoms with E-state index < -0.39 is 29.4 Å². The lowest BCUT2D eigenvalue weighted by atomic mass is 9.94. The van der Waals surface area contributed by atoms with Crippen molar-refractivity contribution >= 4 is 33.3 Å². The van der Waals surface area contributed by atoms with E-state index in [1.165, 1.54) is 15.9 Å². The Morgan fingerprint density at radius 1 is 1.13 bits per heavy atom. The number of aliphatic carboxylic acids is 1. The molecular formula is C21H20N2O6S. The lowest BCUT2D eigenvalue weighted by Crippen LogP contribution is -2.42. The highest BCUT2D eigenvalue weighted by atomic mass is 32.1. The van der Waals surface area contributed by atoms with Gasteiger partial charge in [0.1, 0.15) is 11.4 Å². The predicted molar refractivity (Wildman–Crippen MR) is 111 cm³/mol. The molecule has 0 spiro atoms. The van der Waals surface area contributed by atoms with Crippen LogP contribution in [0, 0.1) is 0 Å². The molecule has 9 heteroatoms. The second-order valence-electron chi connectivity index (χ2n) is 7.85. The number of fused-ring (bicyclic) bond motifs is 3. The Kier molecular flexibility index (Phi) is 4.95. The van der Waals surface area contributed by atoms with Crippen molar-refractivity contribution in [3.8, 4) is 0 Å². The van der Waals surface area contributed by atoms with Crippen LogP contribution in [0.1, 0.15) is 34.6 Å². The number of hydrogen-bond acceptors (Lipinski definition) is 6. The number of Topliss-reactive ketones (excluding diaryl/α,β-unsaturated/α-hetero) is 1. The van der Waals surface area contributed by atoms with Crippen LogP contribution >= 0.6 is 11.3 Å². The van der Waals surface area contributed by atoms with Crippen molar-refractivity contribution in [2.45, 2.75) is 45.6 Å². The smallest absolute Gasteiger partial charge is 0.333 e. The number of nitrogens with zero attached hydrogens (tertiary/aromatic N) is 2. The number of rotatable bonds is 5. The Bertz CT molecular complexity index is 1280. The lowest BCUT2D eigenvalue weighted by molar-refractivity contribution is -0.137. The van der Waals surface area contributed by atoms with E-state index in [4.69, 9.17) is 4.74 Å². The molecule has 2 aromatic heterocycles. The number of carboxylic acids is 1. The quantitative estimate of drug-likeness (QED) is 0.623. The predicted octanol–water partition coefficient (Wildman–Crippen LogP) is 2.04. The van der Waals surface area contributed by atoms with Crippen molar-refractivity contribution in [2.75, 3.05) is 0 Å². The minimum absolute atomic E-state index is 0.289. The van der Waals surface area contributed by atoms with Crippen molar-refractivity contribution in [1.82, 2.24) is 9.13 Å². The summed E-state index contributed by atoms with van der Waals surface area (Å²) in [7, 11) is 0. The molecule has 0 atom stereocenters. The van der Waals surface area contributed by atoms with E-state index >= 15 is 0 Å². The highest BCUT2D eigenvalue weighted by molar-refractivity contribution is 7.18. The van der Waals surface area contributed by atoms with Gasteiger partial charge in [-0.05, 0) is 19.4 Å². The van der Waals surface area contributed by atoms with Crippen molar-refractivity contribution < 1.29 is 19.4 Å². The number of carboxylic acid groups (broad SMARTS) is 1. The third-order valence-corrected chi connectivity index (χ3v) is 6.35. The topological polar surface area (TPSA) is 108 Å². The molecule has 1 aliphatic rings. The minimum Gasteiger partial charge on any atom is -0.480 e. The zero-order valence-corrected chi connectivity index (χ0v) is 17.3. The molecule has 8 nitrogen and oxygen atoms in total. The second-order valence-corrected chi connectivity index (χ2v) is 8.94. The van der Waals surface area contributed by atoms with Crippen molar-refractivity contribution in [3.63, 3.8) is 0 Å². The molecule has 0 unspecified atom stereocenters. The molecule has 30 heavy (non-hydrogen) atoms. The maximum Gasteiger partial charge on any atom is 0.333 e. The summed E-state index contributed by atoms with van der Waals surface area (Å²) in [6.07, 6.45) is 0.454. The van der Waals surface area contributed by atoms with E-state index in [0.717, 1.165) is 10.4 Å².